The molecule has 1 unspecified atom stereocenters. The Morgan fingerprint density at radius 2 is 2.00 bits per heavy atom. The van der Waals surface area contributed by atoms with Crippen molar-refractivity contribution in [2.24, 2.45) is 0 Å². The normalized spacial score (nSPS) is 15.2. The van der Waals surface area contributed by atoms with Gasteiger partial charge in [-0.1, -0.05) is 13.0 Å². The summed E-state index contributed by atoms with van der Waals surface area (Å²) in [5, 5.41) is 9.63. The van der Waals surface area contributed by atoms with Crippen molar-refractivity contribution in [1.29, 1.82) is 0 Å². The maximum Gasteiger partial charge on any atom is 0.132 e. The van der Waals surface area contributed by atoms with Crippen LogP contribution in [0, 0.1) is 11.6 Å². The van der Waals surface area contributed by atoms with Crippen molar-refractivity contribution in [1.82, 2.24) is 0 Å². The third-order valence-electron chi connectivity index (χ3n) is 2.24. The molecular formula is C10H11F3O. The Balaban J connectivity index is 3.17. The second kappa shape index (κ2) is 4.00. The lowest BCUT2D eigenvalue weighted by Crippen LogP contribution is -2.28. The predicted octanol–water partition coefficient (Wildman–Crippen LogP) is 2.53. The Bertz CT molecular complexity index is 321. The summed E-state index contributed by atoms with van der Waals surface area (Å²) in [5.41, 5.74) is -2.05. The Morgan fingerprint density at radius 3 is 2.43 bits per heavy atom. The number of hydrogen-bond acceptors (Lipinski definition) is 1. The number of rotatable bonds is 3. The van der Waals surface area contributed by atoms with Crippen LogP contribution in [0.15, 0.2) is 18.2 Å². The maximum atomic E-state index is 13.2. The highest BCUT2D eigenvalue weighted by atomic mass is 19.1. The van der Waals surface area contributed by atoms with Gasteiger partial charge in [0, 0.05) is 11.6 Å². The van der Waals surface area contributed by atoms with E-state index in [0.717, 1.165) is 12.1 Å². The second-order valence-electron chi connectivity index (χ2n) is 3.14. The van der Waals surface area contributed by atoms with E-state index in [1.54, 1.807) is 0 Å². The first-order valence-electron chi connectivity index (χ1n) is 4.27. The van der Waals surface area contributed by atoms with Gasteiger partial charge in [-0.25, -0.2) is 13.2 Å². The van der Waals surface area contributed by atoms with Gasteiger partial charge >= 0.3 is 0 Å². The molecule has 14 heavy (non-hydrogen) atoms. The fraction of sp³-hybridized carbons (Fsp3) is 0.400. The van der Waals surface area contributed by atoms with Crippen LogP contribution in [0.5, 0.6) is 0 Å². The minimum Gasteiger partial charge on any atom is -0.382 e. The molecule has 1 nitrogen and oxygen atoms in total. The van der Waals surface area contributed by atoms with Gasteiger partial charge in [0.2, 0.25) is 0 Å². The van der Waals surface area contributed by atoms with Gasteiger partial charge < -0.3 is 5.11 Å². The summed E-state index contributed by atoms with van der Waals surface area (Å²) in [6.07, 6.45) is 0.0338. The molecular weight excluding hydrogens is 193 g/mol. The smallest absolute Gasteiger partial charge is 0.132 e. The van der Waals surface area contributed by atoms with Crippen LogP contribution in [0.25, 0.3) is 0 Å². The third-order valence-corrected chi connectivity index (χ3v) is 2.24. The lowest BCUT2D eigenvalue weighted by molar-refractivity contribution is 0.00410. The maximum absolute atomic E-state index is 13.2. The zero-order valence-electron chi connectivity index (χ0n) is 7.73. The Kier molecular flexibility index (Phi) is 3.16. The van der Waals surface area contributed by atoms with Crippen molar-refractivity contribution in [2.75, 3.05) is 6.67 Å². The molecule has 0 fully saturated rings. The van der Waals surface area contributed by atoms with Gasteiger partial charge in [-0.3, -0.25) is 0 Å². The molecule has 1 rings (SSSR count). The lowest BCUT2D eigenvalue weighted by atomic mass is 9.92. The Morgan fingerprint density at radius 1 is 1.36 bits per heavy atom. The molecule has 0 saturated carbocycles. The molecule has 4 heteroatoms. The van der Waals surface area contributed by atoms with E-state index in [0.29, 0.717) is 6.07 Å². The van der Waals surface area contributed by atoms with Gasteiger partial charge in [0.1, 0.15) is 23.9 Å². The van der Waals surface area contributed by atoms with Gasteiger partial charge in [-0.05, 0) is 12.5 Å². The summed E-state index contributed by atoms with van der Waals surface area (Å²) < 4.78 is 38.2. The average molecular weight is 204 g/mol. The molecule has 78 valence electrons. The number of aliphatic hydroxyl groups is 1. The average Bonchev–Trinajstić information content (AvgIpc) is 2.17. The van der Waals surface area contributed by atoms with Crippen LogP contribution in [0.2, 0.25) is 0 Å². The topological polar surface area (TPSA) is 20.2 Å². The fourth-order valence-corrected chi connectivity index (χ4v) is 1.22. The van der Waals surface area contributed by atoms with Crippen molar-refractivity contribution in [3.63, 3.8) is 0 Å². The molecule has 1 aromatic rings. The predicted molar refractivity (Wildman–Crippen MR) is 46.5 cm³/mol. The van der Waals surface area contributed by atoms with Gasteiger partial charge in [-0.2, -0.15) is 0 Å². The summed E-state index contributed by atoms with van der Waals surface area (Å²) in [4.78, 5) is 0. The van der Waals surface area contributed by atoms with Crippen LogP contribution in [-0.2, 0) is 5.60 Å². The second-order valence-corrected chi connectivity index (χ2v) is 3.14. The van der Waals surface area contributed by atoms with E-state index in [4.69, 9.17) is 0 Å². The summed E-state index contributed by atoms with van der Waals surface area (Å²) in [6, 6.07) is 2.69. The molecule has 1 aromatic carbocycles. The largest absolute Gasteiger partial charge is 0.382 e. The van der Waals surface area contributed by atoms with Crippen LogP contribution in [0.4, 0.5) is 13.2 Å². The lowest BCUT2D eigenvalue weighted by Gasteiger charge is -2.23. The molecule has 0 aliphatic heterocycles. The molecule has 1 atom stereocenters. The highest BCUT2D eigenvalue weighted by molar-refractivity contribution is 5.25. The van der Waals surface area contributed by atoms with Crippen LogP contribution in [-0.4, -0.2) is 11.8 Å². The third kappa shape index (κ3) is 1.90. The van der Waals surface area contributed by atoms with E-state index < -0.39 is 23.9 Å². The number of alkyl halides is 1. The molecule has 0 aliphatic rings. The van der Waals surface area contributed by atoms with E-state index in [2.05, 4.69) is 0 Å². The first-order valence-corrected chi connectivity index (χ1v) is 4.27. The molecule has 0 aromatic heterocycles. The summed E-state index contributed by atoms with van der Waals surface area (Å²) in [6.45, 7) is 0.439. The van der Waals surface area contributed by atoms with Crippen LogP contribution < -0.4 is 0 Å². The molecule has 0 heterocycles. The van der Waals surface area contributed by atoms with Crippen LogP contribution >= 0.6 is 0 Å². The van der Waals surface area contributed by atoms with Gasteiger partial charge in [-0.15, -0.1) is 0 Å². The van der Waals surface area contributed by atoms with Crippen LogP contribution in [0.1, 0.15) is 18.9 Å². The molecule has 0 amide bonds. The standard InChI is InChI=1S/C10H11F3O/c1-2-10(14,6-11)8-4-3-7(12)5-9(8)13/h3-5,14H,2,6H2,1H3. The van der Waals surface area contributed by atoms with Crippen molar-refractivity contribution >= 4 is 0 Å². The van der Waals surface area contributed by atoms with Gasteiger partial charge in [0.05, 0.1) is 0 Å². The zero-order chi connectivity index (χ0) is 10.8. The molecule has 1 N–H and O–H groups in total. The highest BCUT2D eigenvalue weighted by Crippen LogP contribution is 2.28. The van der Waals surface area contributed by atoms with E-state index in [1.165, 1.54) is 6.92 Å². The molecule has 0 spiro atoms. The molecule has 0 bridgehead atoms. The van der Waals surface area contributed by atoms with E-state index >= 15 is 0 Å². The minimum absolute atomic E-state index is 0.0338. The van der Waals surface area contributed by atoms with Crippen molar-refractivity contribution in [2.45, 2.75) is 18.9 Å². The van der Waals surface area contributed by atoms with E-state index in [1.807, 2.05) is 0 Å². The summed E-state index contributed by atoms with van der Waals surface area (Å²) in [7, 11) is 0. The van der Waals surface area contributed by atoms with E-state index in [9.17, 15) is 18.3 Å². The highest BCUT2D eigenvalue weighted by Gasteiger charge is 2.30. The quantitative estimate of drug-likeness (QED) is 0.802. The first-order chi connectivity index (χ1) is 6.53. The Hall–Kier alpha value is -1.03. The first kappa shape index (κ1) is 11.0. The summed E-state index contributed by atoms with van der Waals surface area (Å²) in [5.74, 6) is -1.67. The van der Waals surface area contributed by atoms with Gasteiger partial charge in [0.15, 0.2) is 0 Å². The monoisotopic (exact) mass is 204 g/mol. The number of halogens is 3. The molecule has 0 saturated heterocycles. The van der Waals surface area contributed by atoms with Crippen molar-refractivity contribution in [3.8, 4) is 0 Å². The van der Waals surface area contributed by atoms with Gasteiger partial charge in [0.25, 0.3) is 0 Å². The van der Waals surface area contributed by atoms with Crippen molar-refractivity contribution < 1.29 is 18.3 Å². The number of benzene rings is 1. The summed E-state index contributed by atoms with van der Waals surface area (Å²) >= 11 is 0. The molecule has 0 radical (unpaired) electrons. The fourth-order valence-electron chi connectivity index (χ4n) is 1.22. The van der Waals surface area contributed by atoms with Crippen molar-refractivity contribution in [3.05, 3.63) is 35.4 Å². The zero-order valence-corrected chi connectivity index (χ0v) is 7.73. The SMILES string of the molecule is CCC(O)(CF)c1ccc(F)cc1F. The minimum atomic E-state index is -1.85. The van der Waals surface area contributed by atoms with E-state index in [-0.39, 0.29) is 12.0 Å². The Labute approximate surface area is 80.2 Å². The van der Waals surface area contributed by atoms with Crippen LogP contribution in [0.3, 0.4) is 0 Å². The number of hydrogen-bond donors (Lipinski definition) is 1. The molecule has 0 aliphatic carbocycles.